The summed E-state index contributed by atoms with van der Waals surface area (Å²) < 4.78 is 27.3. The molecule has 1 fully saturated rings. The fourth-order valence-corrected chi connectivity index (χ4v) is 3.52. The summed E-state index contributed by atoms with van der Waals surface area (Å²) in [6.45, 7) is 0. The molecule has 1 aliphatic rings. The number of nitrogens with one attached hydrogen (secondary N) is 1. The Kier molecular flexibility index (Phi) is 4.12. The number of nitrogens with two attached hydrogens (primary N) is 1. The van der Waals surface area contributed by atoms with Gasteiger partial charge in [0.25, 0.3) is 0 Å². The number of hydrogen-bond donors (Lipinski definition) is 2. The molecular formula is C12H17N3O4S. The number of anilines is 2. The monoisotopic (exact) mass is 299 g/mol. The maximum atomic E-state index is 11.4. The van der Waals surface area contributed by atoms with Gasteiger partial charge in [0.05, 0.1) is 24.3 Å². The van der Waals surface area contributed by atoms with E-state index >= 15 is 0 Å². The minimum atomic E-state index is -2.91. The highest BCUT2D eigenvalue weighted by Crippen LogP contribution is 2.21. The molecule has 0 unspecified atom stereocenters. The lowest BCUT2D eigenvalue weighted by atomic mass is 10.1. The molecule has 1 aliphatic heterocycles. The van der Waals surface area contributed by atoms with Crippen molar-refractivity contribution in [1.82, 2.24) is 4.98 Å². The summed E-state index contributed by atoms with van der Waals surface area (Å²) in [5.74, 6) is 0.152. The van der Waals surface area contributed by atoms with Gasteiger partial charge in [-0.15, -0.1) is 0 Å². The zero-order valence-electron chi connectivity index (χ0n) is 11.1. The van der Waals surface area contributed by atoms with E-state index in [4.69, 9.17) is 5.73 Å². The zero-order valence-corrected chi connectivity index (χ0v) is 11.9. The Balaban J connectivity index is 2.11. The van der Waals surface area contributed by atoms with Crippen LogP contribution in [0, 0.1) is 0 Å². The van der Waals surface area contributed by atoms with Crippen LogP contribution in [0.2, 0.25) is 0 Å². The number of pyridine rings is 1. The van der Waals surface area contributed by atoms with Crippen LogP contribution in [-0.4, -0.2) is 44.0 Å². The Bertz CT molecular complexity index is 601. The van der Waals surface area contributed by atoms with E-state index in [2.05, 4.69) is 15.0 Å². The molecule has 110 valence electrons. The Morgan fingerprint density at radius 2 is 2.05 bits per heavy atom. The summed E-state index contributed by atoms with van der Waals surface area (Å²) in [5, 5.41) is 3.10. The molecule has 2 rings (SSSR count). The molecule has 0 atom stereocenters. The van der Waals surface area contributed by atoms with Crippen LogP contribution in [0.1, 0.15) is 23.3 Å². The van der Waals surface area contributed by atoms with Crippen molar-refractivity contribution >= 4 is 27.3 Å². The van der Waals surface area contributed by atoms with E-state index in [1.54, 1.807) is 6.07 Å². The van der Waals surface area contributed by atoms with Gasteiger partial charge in [-0.3, -0.25) is 0 Å². The standard InChI is InChI=1S/C12H17N3O4S/c1-19-12(16)10-3-2-9(13)11(15-10)14-8-4-6-20(17,18)7-5-8/h2-3,8H,4-7,13H2,1H3,(H,14,15). The van der Waals surface area contributed by atoms with E-state index in [-0.39, 0.29) is 23.2 Å². The summed E-state index contributed by atoms with van der Waals surface area (Å²) >= 11 is 0. The van der Waals surface area contributed by atoms with Gasteiger partial charge < -0.3 is 15.8 Å². The molecule has 0 spiro atoms. The van der Waals surface area contributed by atoms with Gasteiger partial charge in [-0.1, -0.05) is 0 Å². The molecule has 7 nitrogen and oxygen atoms in total. The summed E-state index contributed by atoms with van der Waals surface area (Å²) in [6, 6.07) is 3.04. The van der Waals surface area contributed by atoms with E-state index in [1.165, 1.54) is 13.2 Å². The number of hydrogen-bond acceptors (Lipinski definition) is 7. The molecular weight excluding hydrogens is 282 g/mol. The highest BCUT2D eigenvalue weighted by atomic mass is 32.2. The van der Waals surface area contributed by atoms with E-state index in [0.29, 0.717) is 24.3 Å². The van der Waals surface area contributed by atoms with Crippen molar-refractivity contribution < 1.29 is 17.9 Å². The third-order valence-corrected chi connectivity index (χ3v) is 4.93. The molecule has 1 aromatic rings. The summed E-state index contributed by atoms with van der Waals surface area (Å²) in [6.07, 6.45) is 1.01. The average Bonchev–Trinajstić information content (AvgIpc) is 2.42. The van der Waals surface area contributed by atoms with Crippen molar-refractivity contribution in [3.8, 4) is 0 Å². The van der Waals surface area contributed by atoms with Crippen molar-refractivity contribution in [2.45, 2.75) is 18.9 Å². The van der Waals surface area contributed by atoms with Gasteiger partial charge in [-0.25, -0.2) is 18.2 Å². The minimum Gasteiger partial charge on any atom is -0.464 e. The lowest BCUT2D eigenvalue weighted by Crippen LogP contribution is -2.32. The van der Waals surface area contributed by atoms with Gasteiger partial charge in [0, 0.05) is 6.04 Å². The lowest BCUT2D eigenvalue weighted by molar-refractivity contribution is 0.0594. The number of sulfone groups is 1. The minimum absolute atomic E-state index is 0.0128. The van der Waals surface area contributed by atoms with Crippen LogP contribution in [0.3, 0.4) is 0 Å². The van der Waals surface area contributed by atoms with Gasteiger partial charge in [0.1, 0.15) is 15.7 Å². The van der Waals surface area contributed by atoms with Crippen LogP contribution in [0.4, 0.5) is 11.5 Å². The van der Waals surface area contributed by atoms with Crippen LogP contribution >= 0.6 is 0 Å². The number of nitrogen functional groups attached to an aromatic ring is 1. The molecule has 0 bridgehead atoms. The molecule has 0 aliphatic carbocycles. The first-order valence-electron chi connectivity index (χ1n) is 6.23. The van der Waals surface area contributed by atoms with E-state index < -0.39 is 15.8 Å². The second-order valence-electron chi connectivity index (χ2n) is 4.70. The number of esters is 1. The number of ether oxygens (including phenoxy) is 1. The quantitative estimate of drug-likeness (QED) is 0.779. The zero-order chi connectivity index (χ0) is 14.8. The number of methoxy groups -OCH3 is 1. The first-order valence-corrected chi connectivity index (χ1v) is 8.05. The second kappa shape index (κ2) is 5.66. The van der Waals surface area contributed by atoms with Crippen molar-refractivity contribution in [3.05, 3.63) is 17.8 Å². The summed E-state index contributed by atoms with van der Waals surface area (Å²) in [4.78, 5) is 15.5. The first-order chi connectivity index (χ1) is 9.41. The smallest absolute Gasteiger partial charge is 0.356 e. The van der Waals surface area contributed by atoms with Crippen LogP contribution < -0.4 is 11.1 Å². The molecule has 0 amide bonds. The lowest BCUT2D eigenvalue weighted by Gasteiger charge is -2.24. The van der Waals surface area contributed by atoms with E-state index in [9.17, 15) is 13.2 Å². The number of carbonyl (C=O) groups is 1. The number of aromatic nitrogens is 1. The average molecular weight is 299 g/mol. The van der Waals surface area contributed by atoms with Crippen LogP contribution in [-0.2, 0) is 14.6 Å². The van der Waals surface area contributed by atoms with E-state index in [1.807, 2.05) is 0 Å². The number of rotatable bonds is 3. The largest absolute Gasteiger partial charge is 0.464 e. The Labute approximate surface area is 117 Å². The molecule has 2 heterocycles. The van der Waals surface area contributed by atoms with E-state index in [0.717, 1.165) is 0 Å². The van der Waals surface area contributed by atoms with Crippen molar-refractivity contribution in [3.63, 3.8) is 0 Å². The Hall–Kier alpha value is -1.83. The summed E-state index contributed by atoms with van der Waals surface area (Å²) in [5.41, 5.74) is 6.37. The predicted octanol–water partition coefficient (Wildman–Crippen LogP) is 0.439. The van der Waals surface area contributed by atoms with Crippen LogP contribution in [0.5, 0.6) is 0 Å². The first kappa shape index (κ1) is 14.6. The molecule has 0 radical (unpaired) electrons. The number of nitrogens with zero attached hydrogens (tertiary/aromatic N) is 1. The number of carbonyl (C=O) groups excluding carboxylic acids is 1. The summed E-state index contributed by atoms with van der Waals surface area (Å²) in [7, 11) is -1.63. The van der Waals surface area contributed by atoms with Crippen molar-refractivity contribution in [2.24, 2.45) is 0 Å². The highest BCUT2D eigenvalue weighted by Gasteiger charge is 2.24. The second-order valence-corrected chi connectivity index (χ2v) is 7.00. The van der Waals surface area contributed by atoms with Gasteiger partial charge >= 0.3 is 5.97 Å². The fraction of sp³-hybridized carbons (Fsp3) is 0.500. The molecule has 1 saturated heterocycles. The Morgan fingerprint density at radius 3 is 2.65 bits per heavy atom. The normalized spacial score (nSPS) is 18.4. The molecule has 1 aromatic heterocycles. The third kappa shape index (κ3) is 3.38. The van der Waals surface area contributed by atoms with Crippen LogP contribution in [0.25, 0.3) is 0 Å². The maximum Gasteiger partial charge on any atom is 0.356 e. The van der Waals surface area contributed by atoms with Crippen molar-refractivity contribution in [2.75, 3.05) is 29.7 Å². The highest BCUT2D eigenvalue weighted by molar-refractivity contribution is 7.91. The Morgan fingerprint density at radius 1 is 1.40 bits per heavy atom. The SMILES string of the molecule is COC(=O)c1ccc(N)c(NC2CCS(=O)(=O)CC2)n1. The molecule has 0 saturated carbocycles. The fourth-order valence-electron chi connectivity index (χ4n) is 2.03. The molecule has 0 aromatic carbocycles. The topological polar surface area (TPSA) is 111 Å². The van der Waals surface area contributed by atoms with Crippen LogP contribution in [0.15, 0.2) is 12.1 Å². The maximum absolute atomic E-state index is 11.4. The predicted molar refractivity (Wildman–Crippen MR) is 75.3 cm³/mol. The molecule has 3 N–H and O–H groups in total. The van der Waals surface area contributed by atoms with Crippen molar-refractivity contribution in [1.29, 1.82) is 0 Å². The van der Waals surface area contributed by atoms with Gasteiger partial charge in [-0.05, 0) is 25.0 Å². The van der Waals surface area contributed by atoms with Gasteiger partial charge in [0.2, 0.25) is 0 Å². The van der Waals surface area contributed by atoms with Gasteiger partial charge in [-0.2, -0.15) is 0 Å². The molecule has 8 heteroatoms. The third-order valence-electron chi connectivity index (χ3n) is 3.22. The molecule has 20 heavy (non-hydrogen) atoms. The van der Waals surface area contributed by atoms with Gasteiger partial charge in [0.15, 0.2) is 5.69 Å².